The highest BCUT2D eigenvalue weighted by molar-refractivity contribution is 5.00. The zero-order chi connectivity index (χ0) is 8.97. The molecule has 1 rings (SSSR count). The van der Waals surface area contributed by atoms with Crippen molar-refractivity contribution in [1.82, 2.24) is 16.1 Å². The molecule has 68 valence electrons. The molecule has 0 saturated carbocycles. The molecular weight excluding hydrogens is 158 g/mol. The lowest BCUT2D eigenvalue weighted by molar-refractivity contribution is -0.225. The predicted octanol–water partition coefficient (Wildman–Crippen LogP) is -1.49. The van der Waals surface area contributed by atoms with Gasteiger partial charge < -0.3 is 11.5 Å². The molecule has 0 aliphatic carbocycles. The van der Waals surface area contributed by atoms with E-state index in [1.807, 2.05) is 0 Å². The van der Waals surface area contributed by atoms with Crippen LogP contribution in [0.15, 0.2) is 24.6 Å². The monoisotopic (exact) mass is 171 g/mol. The molecule has 12 heavy (non-hydrogen) atoms. The summed E-state index contributed by atoms with van der Waals surface area (Å²) in [5, 5.41) is 1.25. The molecule has 0 saturated heterocycles. The normalized spacial score (nSPS) is 24.4. The summed E-state index contributed by atoms with van der Waals surface area (Å²) in [5.74, 6) is 0.449. The maximum absolute atomic E-state index is 5.53. The van der Waals surface area contributed by atoms with Crippen molar-refractivity contribution >= 4 is 0 Å². The van der Waals surface area contributed by atoms with Gasteiger partial charge >= 0.3 is 0 Å². The quantitative estimate of drug-likeness (QED) is 0.387. The van der Waals surface area contributed by atoms with Gasteiger partial charge in [-0.1, -0.05) is 6.08 Å². The van der Waals surface area contributed by atoms with Crippen LogP contribution >= 0.6 is 0 Å². The van der Waals surface area contributed by atoms with Gasteiger partial charge in [0.05, 0.1) is 12.8 Å². The Morgan fingerprint density at radius 2 is 2.58 bits per heavy atom. The summed E-state index contributed by atoms with van der Waals surface area (Å²) < 4.78 is 0. The van der Waals surface area contributed by atoms with Gasteiger partial charge in [0.1, 0.15) is 5.82 Å². The molecule has 1 aliphatic rings. The van der Waals surface area contributed by atoms with Crippen molar-refractivity contribution in [1.29, 1.82) is 0 Å². The molecule has 0 aromatic carbocycles. The second-order valence-corrected chi connectivity index (χ2v) is 2.27. The molecule has 6 heteroatoms. The molecule has 1 atom stereocenters. The van der Waals surface area contributed by atoms with Crippen LogP contribution in [0.3, 0.4) is 0 Å². The minimum absolute atomic E-state index is 0.337. The van der Waals surface area contributed by atoms with E-state index in [1.54, 1.807) is 12.2 Å². The van der Waals surface area contributed by atoms with Gasteiger partial charge in [-0.2, -0.15) is 5.43 Å². The third-order valence-corrected chi connectivity index (χ3v) is 1.18. The highest BCUT2D eigenvalue weighted by Gasteiger charge is 2.13. The molecule has 1 aliphatic heterocycles. The zero-order valence-electron chi connectivity index (χ0n) is 6.66. The van der Waals surface area contributed by atoms with E-state index in [0.29, 0.717) is 12.4 Å². The number of nitrogens with zero attached hydrogens (tertiary/aromatic N) is 1. The van der Waals surface area contributed by atoms with E-state index in [2.05, 4.69) is 17.4 Å². The van der Waals surface area contributed by atoms with Crippen molar-refractivity contribution in [3.8, 4) is 0 Å². The summed E-state index contributed by atoms with van der Waals surface area (Å²) in [6.07, 6.45) is 2.91. The van der Waals surface area contributed by atoms with Crippen LogP contribution in [-0.2, 0) is 4.84 Å². The smallest absolute Gasteiger partial charge is 0.112 e. The van der Waals surface area contributed by atoms with Crippen LogP contribution in [0.4, 0.5) is 0 Å². The van der Waals surface area contributed by atoms with Gasteiger partial charge in [0.25, 0.3) is 0 Å². The highest BCUT2D eigenvalue weighted by Crippen LogP contribution is 1.93. The first kappa shape index (κ1) is 9.01. The highest BCUT2D eigenvalue weighted by atomic mass is 16.7. The summed E-state index contributed by atoms with van der Waals surface area (Å²) in [7, 11) is 0. The molecule has 0 spiro atoms. The van der Waals surface area contributed by atoms with Crippen LogP contribution < -0.4 is 22.3 Å². The standard InChI is InChI=1S/C6H13N5O/c1-2-3-12-11-9-5(7)4-6(8)10-11/h2,4-5,9-10H,1,3,7-8H2. The molecule has 6 nitrogen and oxygen atoms in total. The van der Waals surface area contributed by atoms with Crippen molar-refractivity contribution in [3.63, 3.8) is 0 Å². The van der Waals surface area contributed by atoms with E-state index < -0.39 is 0 Å². The molecule has 0 bridgehead atoms. The molecular formula is C6H13N5O. The molecule has 6 N–H and O–H groups in total. The van der Waals surface area contributed by atoms with Crippen LogP contribution in [0.25, 0.3) is 0 Å². The summed E-state index contributed by atoms with van der Waals surface area (Å²) in [6, 6.07) is 0. The average Bonchev–Trinajstić information content (AvgIpc) is 1.99. The van der Waals surface area contributed by atoms with Gasteiger partial charge in [-0.3, -0.25) is 10.3 Å². The largest absolute Gasteiger partial charge is 0.385 e. The van der Waals surface area contributed by atoms with Gasteiger partial charge in [-0.05, 0) is 11.4 Å². The first-order valence-corrected chi connectivity index (χ1v) is 3.52. The lowest BCUT2D eigenvalue weighted by Gasteiger charge is -2.29. The first-order chi connectivity index (χ1) is 5.72. The predicted molar refractivity (Wildman–Crippen MR) is 44.5 cm³/mol. The lowest BCUT2D eigenvalue weighted by atomic mass is 10.4. The van der Waals surface area contributed by atoms with Crippen LogP contribution in [0.2, 0.25) is 0 Å². The SMILES string of the molecule is C=CCON1NC(N)=CC(N)N1. The van der Waals surface area contributed by atoms with Crippen LogP contribution in [0, 0.1) is 0 Å². The Morgan fingerprint density at radius 3 is 3.17 bits per heavy atom. The van der Waals surface area contributed by atoms with Gasteiger partial charge in [0, 0.05) is 0 Å². The Labute approximate surface area is 70.7 Å². The van der Waals surface area contributed by atoms with Crippen molar-refractivity contribution in [2.45, 2.75) is 6.17 Å². The molecule has 0 radical (unpaired) electrons. The van der Waals surface area contributed by atoms with Crippen LogP contribution in [-0.4, -0.2) is 18.1 Å². The Kier molecular flexibility index (Phi) is 3.06. The molecule has 0 fully saturated rings. The zero-order valence-corrected chi connectivity index (χ0v) is 6.66. The van der Waals surface area contributed by atoms with Gasteiger partial charge in [0.15, 0.2) is 0 Å². The molecule has 0 aromatic heterocycles. The van der Waals surface area contributed by atoms with Crippen LogP contribution in [0.5, 0.6) is 0 Å². The minimum atomic E-state index is -0.337. The number of hydrazine groups is 2. The molecule has 1 heterocycles. The third-order valence-electron chi connectivity index (χ3n) is 1.18. The minimum Gasteiger partial charge on any atom is -0.385 e. The summed E-state index contributed by atoms with van der Waals surface area (Å²) >= 11 is 0. The average molecular weight is 171 g/mol. The van der Waals surface area contributed by atoms with Gasteiger partial charge in [-0.25, -0.2) is 0 Å². The molecule has 0 aromatic rings. The fraction of sp³-hybridized carbons (Fsp3) is 0.333. The number of hydrogen-bond donors (Lipinski definition) is 4. The fourth-order valence-electron chi connectivity index (χ4n) is 0.750. The third kappa shape index (κ3) is 2.51. The Balaban J connectivity index is 2.38. The first-order valence-electron chi connectivity index (χ1n) is 3.52. The molecule has 0 amide bonds. The van der Waals surface area contributed by atoms with Gasteiger partial charge in [-0.15, -0.1) is 6.58 Å². The summed E-state index contributed by atoms with van der Waals surface area (Å²) in [5.41, 5.74) is 16.4. The summed E-state index contributed by atoms with van der Waals surface area (Å²) in [4.78, 5) is 5.07. The van der Waals surface area contributed by atoms with E-state index in [9.17, 15) is 0 Å². The van der Waals surface area contributed by atoms with Gasteiger partial charge in [0.2, 0.25) is 0 Å². The number of nitrogens with two attached hydrogens (primary N) is 2. The van der Waals surface area contributed by atoms with Crippen molar-refractivity contribution in [2.24, 2.45) is 11.5 Å². The van der Waals surface area contributed by atoms with Crippen molar-refractivity contribution < 1.29 is 4.84 Å². The van der Waals surface area contributed by atoms with Crippen LogP contribution in [0.1, 0.15) is 0 Å². The maximum Gasteiger partial charge on any atom is 0.112 e. The fourth-order valence-corrected chi connectivity index (χ4v) is 0.750. The number of rotatable bonds is 3. The van der Waals surface area contributed by atoms with E-state index in [0.717, 1.165) is 0 Å². The van der Waals surface area contributed by atoms with Crippen molar-refractivity contribution in [2.75, 3.05) is 6.61 Å². The number of hydrogen-bond acceptors (Lipinski definition) is 6. The second-order valence-electron chi connectivity index (χ2n) is 2.27. The van der Waals surface area contributed by atoms with E-state index in [1.165, 1.54) is 5.28 Å². The Bertz CT molecular complexity index is 192. The second kappa shape index (κ2) is 4.07. The lowest BCUT2D eigenvalue weighted by Crippen LogP contribution is -2.58. The van der Waals surface area contributed by atoms with Crippen molar-refractivity contribution in [3.05, 3.63) is 24.6 Å². The Hall–Kier alpha value is -1.08. The molecule has 1 unspecified atom stereocenters. The van der Waals surface area contributed by atoms with E-state index >= 15 is 0 Å². The topological polar surface area (TPSA) is 88.6 Å². The van der Waals surface area contributed by atoms with E-state index in [4.69, 9.17) is 16.3 Å². The number of nitrogens with one attached hydrogen (secondary N) is 2. The summed E-state index contributed by atoms with van der Waals surface area (Å²) in [6.45, 7) is 3.87. The van der Waals surface area contributed by atoms with E-state index in [-0.39, 0.29) is 6.17 Å². The Morgan fingerprint density at radius 1 is 1.83 bits per heavy atom. The maximum atomic E-state index is 5.53.